The zero-order chi connectivity index (χ0) is 18.1. The van der Waals surface area contributed by atoms with Crippen molar-refractivity contribution in [3.8, 4) is 0 Å². The first kappa shape index (κ1) is 17.5. The van der Waals surface area contributed by atoms with Gasteiger partial charge in [0, 0.05) is 37.7 Å². The third kappa shape index (κ3) is 3.27. The molecule has 1 aromatic rings. The molecule has 2 atom stereocenters. The summed E-state index contributed by atoms with van der Waals surface area (Å²) in [6, 6.07) is 3.42. The Kier molecular flexibility index (Phi) is 4.82. The number of carboxylic acids is 1. The van der Waals surface area contributed by atoms with Crippen LogP contribution in [-0.2, 0) is 16.1 Å². The second-order valence-electron chi connectivity index (χ2n) is 6.16. The number of hydrogen-bond acceptors (Lipinski definition) is 5. The number of nitrogens with zero attached hydrogens (tertiary/aromatic N) is 3. The molecule has 25 heavy (non-hydrogen) atoms. The maximum absolute atomic E-state index is 11.9. The molecule has 0 unspecified atom stereocenters. The summed E-state index contributed by atoms with van der Waals surface area (Å²) in [6.07, 6.45) is 7.63. The quantitative estimate of drug-likeness (QED) is 0.574. The summed E-state index contributed by atoms with van der Waals surface area (Å²) in [5.74, 6) is -0.882. The van der Waals surface area contributed by atoms with Gasteiger partial charge in [-0.05, 0) is 11.6 Å². The molecular weight excluding hydrogens is 340 g/mol. The molecule has 1 aromatic heterocycles. The zero-order valence-electron chi connectivity index (χ0n) is 14.1. The topological polar surface area (TPSA) is 90.8 Å². The number of amides is 1. The molecule has 1 saturated heterocycles. The first-order valence-electron chi connectivity index (χ1n) is 7.90. The van der Waals surface area contributed by atoms with E-state index < -0.39 is 12.0 Å². The van der Waals surface area contributed by atoms with Crippen molar-refractivity contribution in [1.82, 2.24) is 4.90 Å². The van der Waals surface area contributed by atoms with Gasteiger partial charge in [-0.15, -0.1) is 11.8 Å². The van der Waals surface area contributed by atoms with Crippen molar-refractivity contribution >= 4 is 29.3 Å². The van der Waals surface area contributed by atoms with Crippen LogP contribution in [0.4, 0.5) is 5.69 Å². The molecule has 3 N–H and O–H groups in total. The number of thioether (sulfide) groups is 1. The molecule has 0 aliphatic carbocycles. The molecule has 7 nitrogen and oxygen atoms in total. The van der Waals surface area contributed by atoms with E-state index in [1.54, 1.807) is 6.08 Å². The molecule has 3 heterocycles. The smallest absolute Gasteiger partial charge is 0.352 e. The summed E-state index contributed by atoms with van der Waals surface area (Å²) >= 11 is 1.50. The van der Waals surface area contributed by atoms with Crippen LogP contribution >= 0.6 is 11.8 Å². The van der Waals surface area contributed by atoms with E-state index in [0.29, 0.717) is 17.9 Å². The Balaban J connectivity index is 1.75. The number of aliphatic carboxylic acids is 1. The van der Waals surface area contributed by atoms with Gasteiger partial charge in [0.1, 0.15) is 17.1 Å². The maximum atomic E-state index is 11.9. The van der Waals surface area contributed by atoms with E-state index in [0.717, 1.165) is 5.69 Å². The van der Waals surface area contributed by atoms with Gasteiger partial charge >= 0.3 is 5.97 Å². The molecule has 132 valence electrons. The minimum absolute atomic E-state index is 0.0552. The SMILES string of the molecule is CN(C)c1cc[n+](CC=CC2=C(C(=O)O)N3C(=O)[C@@H](N)[C@H]3SC2)cc1. The van der Waals surface area contributed by atoms with Crippen LogP contribution in [0.15, 0.2) is 47.9 Å². The van der Waals surface area contributed by atoms with Crippen LogP contribution in [-0.4, -0.2) is 53.1 Å². The number of β-lactam (4-membered cyclic amide) rings is 1. The Hall–Kier alpha value is -2.32. The van der Waals surface area contributed by atoms with Gasteiger partial charge in [-0.3, -0.25) is 9.69 Å². The number of pyridine rings is 1. The van der Waals surface area contributed by atoms with E-state index in [9.17, 15) is 14.7 Å². The number of carboxylic acid groups (broad SMARTS) is 1. The van der Waals surface area contributed by atoms with Crippen molar-refractivity contribution in [3.63, 3.8) is 0 Å². The zero-order valence-corrected chi connectivity index (χ0v) is 14.9. The van der Waals surface area contributed by atoms with E-state index in [-0.39, 0.29) is 17.0 Å². The largest absolute Gasteiger partial charge is 0.477 e. The Labute approximate surface area is 150 Å². The molecular formula is C17H21N4O3S+. The average Bonchev–Trinajstić information content (AvgIpc) is 2.60. The third-order valence-corrected chi connectivity index (χ3v) is 5.59. The van der Waals surface area contributed by atoms with Gasteiger partial charge in [-0.25, -0.2) is 9.36 Å². The standard InChI is InChI=1S/C17H20N4O3S/c1-19(2)12-5-8-20(9-6-12)7-3-4-11-10-25-16-13(18)15(22)21(16)14(11)17(23)24/h3-6,8-9,13,16H,7,10,18H2,1-2H3/p+1/t13-,16-/m1/s1. The van der Waals surface area contributed by atoms with E-state index in [1.807, 2.05) is 54.2 Å². The first-order chi connectivity index (χ1) is 11.9. The predicted molar refractivity (Wildman–Crippen MR) is 95.8 cm³/mol. The van der Waals surface area contributed by atoms with Gasteiger partial charge in [-0.2, -0.15) is 0 Å². The number of allylic oxidation sites excluding steroid dienone is 2. The number of fused-ring (bicyclic) bond motifs is 1. The fraction of sp³-hybridized carbons (Fsp3) is 0.353. The second-order valence-corrected chi connectivity index (χ2v) is 7.27. The molecule has 0 spiro atoms. The number of anilines is 1. The number of hydrogen-bond donors (Lipinski definition) is 2. The fourth-order valence-corrected chi connectivity index (χ4v) is 4.12. The highest BCUT2D eigenvalue weighted by Crippen LogP contribution is 2.39. The molecule has 2 aliphatic heterocycles. The monoisotopic (exact) mass is 361 g/mol. The van der Waals surface area contributed by atoms with Crippen molar-refractivity contribution in [2.24, 2.45) is 5.73 Å². The van der Waals surface area contributed by atoms with Gasteiger partial charge in [-0.1, -0.05) is 6.08 Å². The van der Waals surface area contributed by atoms with Crippen LogP contribution < -0.4 is 15.2 Å². The van der Waals surface area contributed by atoms with Crippen LogP contribution in [0.2, 0.25) is 0 Å². The average molecular weight is 361 g/mol. The van der Waals surface area contributed by atoms with Crippen LogP contribution in [0.25, 0.3) is 0 Å². The van der Waals surface area contributed by atoms with Crippen molar-refractivity contribution in [3.05, 3.63) is 47.9 Å². The Morgan fingerprint density at radius 2 is 2.16 bits per heavy atom. The van der Waals surface area contributed by atoms with E-state index >= 15 is 0 Å². The van der Waals surface area contributed by atoms with Gasteiger partial charge in [0.2, 0.25) is 5.91 Å². The third-order valence-electron chi connectivity index (χ3n) is 4.27. The molecule has 0 bridgehead atoms. The van der Waals surface area contributed by atoms with Crippen LogP contribution in [0, 0.1) is 0 Å². The van der Waals surface area contributed by atoms with Crippen molar-refractivity contribution < 1.29 is 19.3 Å². The lowest BCUT2D eigenvalue weighted by atomic mass is 10.0. The second kappa shape index (κ2) is 6.89. The summed E-state index contributed by atoms with van der Waals surface area (Å²) in [6.45, 7) is 0.617. The molecule has 3 rings (SSSR count). The van der Waals surface area contributed by atoms with Crippen molar-refractivity contribution in [2.75, 3.05) is 24.7 Å². The lowest BCUT2D eigenvalue weighted by Gasteiger charge is -2.47. The molecule has 0 aromatic carbocycles. The Morgan fingerprint density at radius 1 is 1.48 bits per heavy atom. The van der Waals surface area contributed by atoms with E-state index in [2.05, 4.69) is 0 Å². The normalized spacial score (nSPS) is 22.8. The Bertz CT molecular complexity index is 758. The maximum Gasteiger partial charge on any atom is 0.352 e. The highest BCUT2D eigenvalue weighted by molar-refractivity contribution is 8.00. The molecule has 0 saturated carbocycles. The molecule has 1 amide bonds. The summed E-state index contributed by atoms with van der Waals surface area (Å²) in [5.41, 5.74) is 7.54. The molecule has 0 radical (unpaired) electrons. The highest BCUT2D eigenvalue weighted by Gasteiger charge is 2.51. The van der Waals surface area contributed by atoms with Gasteiger partial charge in [0.25, 0.3) is 0 Å². The summed E-state index contributed by atoms with van der Waals surface area (Å²) < 4.78 is 1.99. The van der Waals surface area contributed by atoms with Crippen molar-refractivity contribution in [2.45, 2.75) is 18.0 Å². The molecule has 8 heteroatoms. The number of carbonyl (C=O) groups is 2. The van der Waals surface area contributed by atoms with E-state index in [1.165, 1.54) is 16.7 Å². The number of aromatic nitrogens is 1. The molecule has 2 aliphatic rings. The van der Waals surface area contributed by atoms with Gasteiger partial charge in [0.05, 0.1) is 0 Å². The summed E-state index contributed by atoms with van der Waals surface area (Å²) in [5, 5.41) is 9.23. The lowest BCUT2D eigenvalue weighted by Crippen LogP contribution is -2.68. The molecule has 1 fully saturated rings. The summed E-state index contributed by atoms with van der Waals surface area (Å²) in [7, 11) is 3.97. The highest BCUT2D eigenvalue weighted by atomic mass is 32.2. The fourth-order valence-electron chi connectivity index (χ4n) is 2.85. The number of nitrogens with two attached hydrogens (primary N) is 1. The van der Waals surface area contributed by atoms with Gasteiger partial charge < -0.3 is 15.7 Å². The van der Waals surface area contributed by atoms with Crippen LogP contribution in [0.5, 0.6) is 0 Å². The van der Waals surface area contributed by atoms with E-state index in [4.69, 9.17) is 5.73 Å². The lowest BCUT2D eigenvalue weighted by molar-refractivity contribution is -0.686. The minimum Gasteiger partial charge on any atom is -0.477 e. The van der Waals surface area contributed by atoms with Crippen molar-refractivity contribution in [1.29, 1.82) is 0 Å². The Morgan fingerprint density at radius 3 is 2.76 bits per heavy atom. The minimum atomic E-state index is -1.09. The summed E-state index contributed by atoms with van der Waals surface area (Å²) in [4.78, 5) is 26.8. The van der Waals surface area contributed by atoms with Crippen LogP contribution in [0.1, 0.15) is 0 Å². The van der Waals surface area contributed by atoms with Gasteiger partial charge in [0.15, 0.2) is 18.9 Å². The predicted octanol–water partition coefficient (Wildman–Crippen LogP) is 0.177. The van der Waals surface area contributed by atoms with Crippen LogP contribution in [0.3, 0.4) is 0 Å². The number of carbonyl (C=O) groups excluding carboxylic acids is 1. The first-order valence-corrected chi connectivity index (χ1v) is 8.94. The number of rotatable bonds is 5.